The Hall–Kier alpha value is -3.20. The molecule has 1 saturated heterocycles. The van der Waals surface area contributed by atoms with Crippen molar-refractivity contribution in [3.05, 3.63) is 65.9 Å². The van der Waals surface area contributed by atoms with Crippen molar-refractivity contribution >= 4 is 35.2 Å². The Bertz CT molecular complexity index is 1010. The summed E-state index contributed by atoms with van der Waals surface area (Å²) in [5.74, 6) is -1.36. The fraction of sp³-hybridized carbons (Fsp3) is 0.105. The highest BCUT2D eigenvalue weighted by atomic mass is 32.1. The van der Waals surface area contributed by atoms with Crippen molar-refractivity contribution in [1.82, 2.24) is 10.2 Å². The fourth-order valence-electron chi connectivity index (χ4n) is 2.65. The lowest BCUT2D eigenvalue weighted by Gasteiger charge is -2.27. The van der Waals surface area contributed by atoms with E-state index in [0.717, 1.165) is 17.0 Å². The van der Waals surface area contributed by atoms with E-state index in [-0.39, 0.29) is 34.3 Å². The molecule has 1 N–H and O–H groups in total. The van der Waals surface area contributed by atoms with Gasteiger partial charge < -0.3 is 4.42 Å². The van der Waals surface area contributed by atoms with Crippen LogP contribution in [0.15, 0.2) is 59.0 Å². The van der Waals surface area contributed by atoms with Crippen molar-refractivity contribution in [2.75, 3.05) is 6.54 Å². The van der Waals surface area contributed by atoms with Crippen molar-refractivity contribution in [3.8, 4) is 11.3 Å². The average molecular weight is 406 g/mol. The number of hydrogen-bond donors (Lipinski definition) is 1. The van der Waals surface area contributed by atoms with Crippen LogP contribution in [0.3, 0.4) is 0 Å². The number of hydrogen-bond acceptors (Lipinski definition) is 4. The molecule has 0 bridgehead atoms. The summed E-state index contributed by atoms with van der Waals surface area (Å²) in [7, 11) is 0. The molecule has 1 fully saturated rings. The quantitative estimate of drug-likeness (QED) is 0.363. The number of benzene rings is 1. The van der Waals surface area contributed by atoms with Gasteiger partial charge >= 0.3 is 6.18 Å². The second-order valence-electron chi connectivity index (χ2n) is 5.77. The number of thiocarbonyl (C=S) groups is 1. The topological polar surface area (TPSA) is 62.6 Å². The van der Waals surface area contributed by atoms with Crippen LogP contribution in [0.25, 0.3) is 17.4 Å². The van der Waals surface area contributed by atoms with E-state index < -0.39 is 23.6 Å². The number of furan rings is 1. The van der Waals surface area contributed by atoms with Gasteiger partial charge in [-0.05, 0) is 36.5 Å². The third kappa shape index (κ3) is 3.74. The van der Waals surface area contributed by atoms with E-state index >= 15 is 0 Å². The van der Waals surface area contributed by atoms with Crippen LogP contribution >= 0.6 is 12.2 Å². The molecule has 3 rings (SSSR count). The van der Waals surface area contributed by atoms with Crippen molar-refractivity contribution in [2.24, 2.45) is 0 Å². The molecule has 0 spiro atoms. The molecule has 2 heterocycles. The maximum Gasteiger partial charge on any atom is 0.417 e. The molecule has 0 saturated carbocycles. The normalized spacial score (nSPS) is 16.5. The van der Waals surface area contributed by atoms with Gasteiger partial charge in [0.15, 0.2) is 5.11 Å². The van der Waals surface area contributed by atoms with Gasteiger partial charge in [0.2, 0.25) is 0 Å². The lowest BCUT2D eigenvalue weighted by molar-refractivity contribution is -0.137. The molecule has 28 heavy (non-hydrogen) atoms. The Morgan fingerprint density at radius 3 is 2.57 bits per heavy atom. The zero-order valence-electron chi connectivity index (χ0n) is 14.2. The number of rotatable bonds is 4. The van der Waals surface area contributed by atoms with E-state index in [1.165, 1.54) is 36.4 Å². The minimum atomic E-state index is -4.55. The lowest BCUT2D eigenvalue weighted by Crippen LogP contribution is -2.53. The van der Waals surface area contributed by atoms with Gasteiger partial charge in [-0.25, -0.2) is 0 Å². The first kappa shape index (κ1) is 19.6. The number of carbonyl (C=O) groups excluding carboxylic acids is 2. The largest absolute Gasteiger partial charge is 0.457 e. The minimum Gasteiger partial charge on any atom is -0.457 e. The third-order valence-corrected chi connectivity index (χ3v) is 4.23. The van der Waals surface area contributed by atoms with E-state index in [0.29, 0.717) is 0 Å². The highest BCUT2D eigenvalue weighted by molar-refractivity contribution is 7.80. The molecule has 2 aromatic rings. The summed E-state index contributed by atoms with van der Waals surface area (Å²) in [6, 6.07) is 7.68. The molecule has 0 aliphatic carbocycles. The Kier molecular flexibility index (Phi) is 5.19. The van der Waals surface area contributed by atoms with E-state index in [4.69, 9.17) is 16.6 Å². The van der Waals surface area contributed by atoms with Gasteiger partial charge in [-0.15, -0.1) is 6.58 Å². The lowest BCUT2D eigenvalue weighted by atomic mass is 10.1. The monoisotopic (exact) mass is 406 g/mol. The van der Waals surface area contributed by atoms with Gasteiger partial charge in [0.1, 0.15) is 17.1 Å². The van der Waals surface area contributed by atoms with Crippen LogP contribution in [0.1, 0.15) is 11.3 Å². The first-order chi connectivity index (χ1) is 13.2. The molecule has 0 radical (unpaired) electrons. The minimum absolute atomic E-state index is 0.0399. The van der Waals surface area contributed by atoms with Crippen LogP contribution in [0.4, 0.5) is 13.2 Å². The van der Waals surface area contributed by atoms with Crippen molar-refractivity contribution in [2.45, 2.75) is 6.18 Å². The van der Waals surface area contributed by atoms with Crippen LogP contribution in [-0.2, 0) is 15.8 Å². The van der Waals surface area contributed by atoms with Crippen LogP contribution in [-0.4, -0.2) is 28.4 Å². The molecule has 0 unspecified atom stereocenters. The standard InChI is InChI=1S/C19H13F3N2O3S/c1-2-9-24-17(26)13(16(25)23-18(24)28)10-11-7-8-15(27-11)12-5-3-4-6-14(12)19(20,21)22/h2-8,10H,1,9H2,(H,23,25,28). The number of halogens is 3. The van der Waals surface area contributed by atoms with Crippen LogP contribution in [0.2, 0.25) is 0 Å². The van der Waals surface area contributed by atoms with Crippen LogP contribution < -0.4 is 5.32 Å². The predicted octanol–water partition coefficient (Wildman–Crippen LogP) is 3.78. The second-order valence-corrected chi connectivity index (χ2v) is 6.15. The van der Waals surface area contributed by atoms with E-state index in [2.05, 4.69) is 11.9 Å². The SMILES string of the molecule is C=CCN1C(=O)C(=Cc2ccc(-c3ccccc3C(F)(F)F)o2)C(=O)NC1=S. The molecule has 144 valence electrons. The summed E-state index contributed by atoms with van der Waals surface area (Å²) in [5, 5.41) is 2.32. The van der Waals surface area contributed by atoms with Crippen molar-refractivity contribution < 1.29 is 27.2 Å². The molecule has 2 amide bonds. The number of amides is 2. The molecule has 1 aromatic carbocycles. The fourth-order valence-corrected chi connectivity index (χ4v) is 2.90. The van der Waals surface area contributed by atoms with Crippen molar-refractivity contribution in [3.63, 3.8) is 0 Å². The highest BCUT2D eigenvalue weighted by Gasteiger charge is 2.35. The summed E-state index contributed by atoms with van der Waals surface area (Å²) < 4.78 is 45.0. The molecule has 9 heteroatoms. The van der Waals surface area contributed by atoms with Gasteiger partial charge in [-0.2, -0.15) is 13.2 Å². The number of nitrogens with one attached hydrogen (secondary N) is 1. The molecule has 1 aliphatic rings. The number of carbonyl (C=O) groups is 2. The zero-order chi connectivity index (χ0) is 20.5. The first-order valence-electron chi connectivity index (χ1n) is 7.98. The van der Waals surface area contributed by atoms with Gasteiger partial charge in [0.05, 0.1) is 5.56 Å². The molecular weight excluding hydrogens is 393 g/mol. The number of alkyl halides is 3. The number of nitrogens with zero attached hydrogens (tertiary/aromatic N) is 1. The van der Waals surface area contributed by atoms with Crippen molar-refractivity contribution in [1.29, 1.82) is 0 Å². The zero-order valence-corrected chi connectivity index (χ0v) is 15.1. The van der Waals surface area contributed by atoms with Crippen LogP contribution in [0, 0.1) is 0 Å². The summed E-state index contributed by atoms with van der Waals surface area (Å²) in [4.78, 5) is 25.7. The first-order valence-corrected chi connectivity index (χ1v) is 8.39. The van der Waals surface area contributed by atoms with Gasteiger partial charge in [-0.1, -0.05) is 24.3 Å². The smallest absolute Gasteiger partial charge is 0.417 e. The second kappa shape index (κ2) is 7.43. The Labute approximate surface area is 163 Å². The molecular formula is C19H13F3N2O3S. The highest BCUT2D eigenvalue weighted by Crippen LogP contribution is 2.37. The Morgan fingerprint density at radius 1 is 1.18 bits per heavy atom. The summed E-state index contributed by atoms with van der Waals surface area (Å²) in [5.41, 5.74) is -1.24. The average Bonchev–Trinajstić information content (AvgIpc) is 3.10. The molecule has 5 nitrogen and oxygen atoms in total. The molecule has 1 aliphatic heterocycles. The summed E-state index contributed by atoms with van der Waals surface area (Å²) in [6.45, 7) is 3.62. The van der Waals surface area contributed by atoms with Gasteiger partial charge in [0.25, 0.3) is 11.8 Å². The molecule has 0 atom stereocenters. The van der Waals surface area contributed by atoms with E-state index in [1.54, 1.807) is 0 Å². The third-order valence-electron chi connectivity index (χ3n) is 3.91. The predicted molar refractivity (Wildman–Crippen MR) is 99.8 cm³/mol. The Balaban J connectivity index is 1.97. The van der Waals surface area contributed by atoms with Crippen LogP contribution in [0.5, 0.6) is 0 Å². The maximum atomic E-state index is 13.2. The van der Waals surface area contributed by atoms with Gasteiger partial charge in [-0.3, -0.25) is 19.8 Å². The summed E-state index contributed by atoms with van der Waals surface area (Å²) >= 11 is 4.95. The summed E-state index contributed by atoms with van der Waals surface area (Å²) in [6.07, 6.45) is -1.95. The van der Waals surface area contributed by atoms with Gasteiger partial charge in [0, 0.05) is 12.1 Å². The maximum absolute atomic E-state index is 13.2. The van der Waals surface area contributed by atoms with E-state index in [9.17, 15) is 22.8 Å². The van der Waals surface area contributed by atoms with E-state index in [1.807, 2.05) is 0 Å². The Morgan fingerprint density at radius 2 is 1.89 bits per heavy atom. The molecule has 1 aromatic heterocycles.